The maximum Gasteiger partial charge on any atom is 0.282 e. The van der Waals surface area contributed by atoms with Crippen molar-refractivity contribution in [1.82, 2.24) is 13.5 Å². The fourth-order valence-corrected chi connectivity index (χ4v) is 5.77. The summed E-state index contributed by atoms with van der Waals surface area (Å²) in [5.41, 5.74) is 1.83. The number of ether oxygens (including phenoxy) is 1. The summed E-state index contributed by atoms with van der Waals surface area (Å²) < 4.78 is 33.7. The molecule has 1 aromatic carbocycles. The van der Waals surface area contributed by atoms with Gasteiger partial charge in [-0.15, -0.1) is 0 Å². The molecule has 0 radical (unpaired) electrons. The number of carbonyl (C=O) groups is 1. The summed E-state index contributed by atoms with van der Waals surface area (Å²) in [5, 5.41) is 0. The molecule has 0 atom stereocenters. The number of anilines is 1. The van der Waals surface area contributed by atoms with Crippen molar-refractivity contribution in [3.05, 3.63) is 29.8 Å². The highest BCUT2D eigenvalue weighted by molar-refractivity contribution is 7.86. The lowest BCUT2D eigenvalue weighted by Crippen LogP contribution is -2.55. The lowest BCUT2D eigenvalue weighted by Gasteiger charge is -2.37. The van der Waals surface area contributed by atoms with E-state index in [1.165, 1.54) is 33.6 Å². The predicted octanol–water partition coefficient (Wildman–Crippen LogP) is 1.01. The molecule has 1 aromatic rings. The molecule has 3 aliphatic heterocycles. The molecule has 9 heteroatoms. The summed E-state index contributed by atoms with van der Waals surface area (Å²) in [7, 11) is -3.47. The Morgan fingerprint density at radius 1 is 0.759 bits per heavy atom. The number of morpholine rings is 1. The first-order chi connectivity index (χ1) is 14.1. The van der Waals surface area contributed by atoms with Crippen LogP contribution in [0.1, 0.15) is 29.6 Å². The Labute approximate surface area is 173 Å². The molecule has 0 aromatic heterocycles. The maximum atomic E-state index is 12.9. The molecule has 160 valence electrons. The van der Waals surface area contributed by atoms with Crippen molar-refractivity contribution >= 4 is 21.8 Å². The van der Waals surface area contributed by atoms with Crippen molar-refractivity contribution in [2.24, 2.45) is 0 Å². The van der Waals surface area contributed by atoms with Gasteiger partial charge in [0.1, 0.15) is 0 Å². The second kappa shape index (κ2) is 8.99. The number of amides is 1. The number of piperazine rings is 1. The van der Waals surface area contributed by atoms with E-state index in [2.05, 4.69) is 4.90 Å². The lowest BCUT2D eigenvalue weighted by atomic mass is 10.1. The summed E-state index contributed by atoms with van der Waals surface area (Å²) in [4.78, 5) is 17.0. The molecular weight excluding hydrogens is 392 g/mol. The molecule has 8 nitrogen and oxygen atoms in total. The molecule has 1 amide bonds. The van der Waals surface area contributed by atoms with Gasteiger partial charge < -0.3 is 14.5 Å². The number of rotatable bonds is 4. The van der Waals surface area contributed by atoms with E-state index in [9.17, 15) is 13.2 Å². The van der Waals surface area contributed by atoms with E-state index in [0.29, 0.717) is 58.0 Å². The van der Waals surface area contributed by atoms with Crippen LogP contribution in [0.4, 0.5) is 5.69 Å². The molecule has 0 spiro atoms. The molecule has 0 bridgehead atoms. The highest BCUT2D eigenvalue weighted by Crippen LogP contribution is 2.21. The van der Waals surface area contributed by atoms with Crippen molar-refractivity contribution < 1.29 is 17.9 Å². The van der Waals surface area contributed by atoms with Crippen molar-refractivity contribution in [1.29, 1.82) is 0 Å². The van der Waals surface area contributed by atoms with E-state index in [1.807, 2.05) is 24.3 Å². The Morgan fingerprint density at radius 3 is 1.97 bits per heavy atom. The molecular formula is C20H30N4O4S. The number of piperidine rings is 1. The van der Waals surface area contributed by atoms with Gasteiger partial charge in [0.2, 0.25) is 0 Å². The van der Waals surface area contributed by atoms with Gasteiger partial charge in [0.15, 0.2) is 0 Å². The van der Waals surface area contributed by atoms with Gasteiger partial charge in [0.25, 0.3) is 16.1 Å². The van der Waals surface area contributed by atoms with Crippen molar-refractivity contribution in [3.63, 3.8) is 0 Å². The number of nitrogens with zero attached hydrogens (tertiary/aromatic N) is 4. The molecule has 3 heterocycles. The van der Waals surface area contributed by atoms with Crippen LogP contribution in [0.2, 0.25) is 0 Å². The fraction of sp³-hybridized carbons (Fsp3) is 0.650. The van der Waals surface area contributed by atoms with E-state index < -0.39 is 10.2 Å². The van der Waals surface area contributed by atoms with E-state index >= 15 is 0 Å². The van der Waals surface area contributed by atoms with Gasteiger partial charge in [-0.2, -0.15) is 17.0 Å². The van der Waals surface area contributed by atoms with Crippen LogP contribution < -0.4 is 4.90 Å². The van der Waals surface area contributed by atoms with Crippen LogP contribution in [0.3, 0.4) is 0 Å². The zero-order chi connectivity index (χ0) is 20.3. The summed E-state index contributed by atoms with van der Waals surface area (Å²) in [6.07, 6.45) is 3.73. The molecule has 3 aliphatic rings. The van der Waals surface area contributed by atoms with Gasteiger partial charge in [0.05, 0.1) is 13.2 Å². The van der Waals surface area contributed by atoms with Crippen LogP contribution in [0, 0.1) is 0 Å². The Kier molecular flexibility index (Phi) is 6.38. The van der Waals surface area contributed by atoms with Crippen LogP contribution in [0.15, 0.2) is 24.3 Å². The topological polar surface area (TPSA) is 73.4 Å². The first-order valence-corrected chi connectivity index (χ1v) is 11.9. The average molecular weight is 423 g/mol. The molecule has 0 aliphatic carbocycles. The minimum atomic E-state index is -3.47. The molecule has 0 unspecified atom stereocenters. The molecule has 4 rings (SSSR count). The van der Waals surface area contributed by atoms with Crippen molar-refractivity contribution in [3.8, 4) is 0 Å². The number of hydrogen-bond donors (Lipinski definition) is 0. The summed E-state index contributed by atoms with van der Waals surface area (Å²) in [6, 6.07) is 7.83. The molecule has 0 saturated carbocycles. The van der Waals surface area contributed by atoms with Gasteiger partial charge >= 0.3 is 0 Å². The average Bonchev–Trinajstić information content (AvgIpc) is 2.80. The number of benzene rings is 1. The Balaban J connectivity index is 1.34. The van der Waals surface area contributed by atoms with Gasteiger partial charge in [-0.3, -0.25) is 4.79 Å². The van der Waals surface area contributed by atoms with E-state index in [0.717, 1.165) is 13.1 Å². The van der Waals surface area contributed by atoms with Crippen LogP contribution in [0.5, 0.6) is 0 Å². The number of carbonyl (C=O) groups excluding carboxylic acids is 1. The SMILES string of the molecule is O=C(c1ccc(N2CCCCC2)cc1)N1CCN(S(=O)(=O)N2CCOCC2)CC1. The summed E-state index contributed by atoms with van der Waals surface area (Å²) in [5.74, 6) is -0.0291. The normalized spacial score (nSPS) is 22.6. The van der Waals surface area contributed by atoms with E-state index in [-0.39, 0.29) is 5.91 Å². The Morgan fingerprint density at radius 2 is 1.34 bits per heavy atom. The predicted molar refractivity (Wildman–Crippen MR) is 111 cm³/mol. The van der Waals surface area contributed by atoms with Crippen molar-refractivity contribution in [2.75, 3.05) is 70.5 Å². The zero-order valence-corrected chi connectivity index (χ0v) is 17.6. The Bertz CT molecular complexity index is 794. The van der Waals surface area contributed by atoms with Gasteiger partial charge in [-0.05, 0) is 43.5 Å². The summed E-state index contributed by atoms with van der Waals surface area (Å²) in [6.45, 7) is 5.30. The minimum Gasteiger partial charge on any atom is -0.379 e. The standard InChI is InChI=1S/C20H30N4O4S/c25-20(18-4-6-19(7-5-18)21-8-2-1-3-9-21)22-10-12-23(13-11-22)29(26,27)24-14-16-28-17-15-24/h4-7H,1-3,8-17H2. The monoisotopic (exact) mass is 422 g/mol. The summed E-state index contributed by atoms with van der Waals surface area (Å²) >= 11 is 0. The maximum absolute atomic E-state index is 12.9. The van der Waals surface area contributed by atoms with E-state index in [4.69, 9.17) is 4.74 Å². The highest BCUT2D eigenvalue weighted by Gasteiger charge is 2.34. The van der Waals surface area contributed by atoms with Crippen LogP contribution >= 0.6 is 0 Å². The highest BCUT2D eigenvalue weighted by atomic mass is 32.2. The van der Waals surface area contributed by atoms with E-state index in [1.54, 1.807) is 4.90 Å². The third-order valence-corrected chi connectivity index (χ3v) is 8.02. The van der Waals surface area contributed by atoms with Gasteiger partial charge in [-0.1, -0.05) is 0 Å². The minimum absolute atomic E-state index is 0.0291. The lowest BCUT2D eigenvalue weighted by molar-refractivity contribution is 0.0636. The van der Waals surface area contributed by atoms with Crippen LogP contribution in [-0.4, -0.2) is 93.4 Å². The van der Waals surface area contributed by atoms with Gasteiger partial charge in [0, 0.05) is 63.6 Å². The molecule has 0 N–H and O–H groups in total. The van der Waals surface area contributed by atoms with Crippen LogP contribution in [0.25, 0.3) is 0 Å². The first kappa shape index (κ1) is 20.6. The molecule has 3 saturated heterocycles. The third kappa shape index (κ3) is 4.58. The molecule has 3 fully saturated rings. The molecule has 29 heavy (non-hydrogen) atoms. The first-order valence-electron chi connectivity index (χ1n) is 10.5. The second-order valence-corrected chi connectivity index (χ2v) is 9.73. The van der Waals surface area contributed by atoms with Gasteiger partial charge in [-0.25, -0.2) is 0 Å². The van der Waals surface area contributed by atoms with Crippen LogP contribution in [-0.2, 0) is 14.9 Å². The zero-order valence-electron chi connectivity index (χ0n) is 16.8. The number of hydrogen-bond acceptors (Lipinski definition) is 5. The smallest absolute Gasteiger partial charge is 0.282 e. The Hall–Kier alpha value is -1.68. The quantitative estimate of drug-likeness (QED) is 0.724. The largest absolute Gasteiger partial charge is 0.379 e. The second-order valence-electron chi connectivity index (χ2n) is 7.81. The van der Waals surface area contributed by atoms with Crippen molar-refractivity contribution in [2.45, 2.75) is 19.3 Å². The fourth-order valence-electron chi connectivity index (χ4n) is 4.21. The third-order valence-electron chi connectivity index (χ3n) is 5.98.